The summed E-state index contributed by atoms with van der Waals surface area (Å²) in [5, 5.41) is 6.62. The maximum Gasteiger partial charge on any atom is 0.272 e. The van der Waals surface area contributed by atoms with E-state index in [-0.39, 0.29) is 12.4 Å². The Morgan fingerprint density at radius 3 is 2.93 bits per heavy atom. The zero-order chi connectivity index (χ0) is 20.7. The van der Waals surface area contributed by atoms with Gasteiger partial charge in [-0.3, -0.25) is 9.36 Å². The van der Waals surface area contributed by atoms with Crippen molar-refractivity contribution in [2.24, 2.45) is 5.92 Å². The summed E-state index contributed by atoms with van der Waals surface area (Å²) in [5.41, 5.74) is 1.51. The minimum absolute atomic E-state index is 0.00206. The molecule has 0 bridgehead atoms. The fourth-order valence-corrected chi connectivity index (χ4v) is 4.78. The van der Waals surface area contributed by atoms with Gasteiger partial charge in [-0.2, -0.15) is 4.98 Å². The van der Waals surface area contributed by atoms with Crippen LogP contribution in [0.1, 0.15) is 19.7 Å². The summed E-state index contributed by atoms with van der Waals surface area (Å²) in [4.78, 5) is 22.0. The van der Waals surface area contributed by atoms with E-state index in [0.717, 1.165) is 11.1 Å². The molecule has 154 valence electrons. The Morgan fingerprint density at radius 2 is 2.07 bits per heavy atom. The van der Waals surface area contributed by atoms with Gasteiger partial charge in [-0.15, -0.1) is 11.3 Å². The van der Waals surface area contributed by atoms with E-state index in [9.17, 15) is 4.79 Å². The third kappa shape index (κ3) is 3.56. The molecule has 0 atom stereocenters. The number of ether oxygens (including phenoxy) is 2. The topological polar surface area (TPSA) is 92.3 Å². The fourth-order valence-electron chi connectivity index (χ4n) is 3.15. The number of fused-ring (bicyclic) bond motifs is 2. The first-order valence-corrected chi connectivity index (χ1v) is 11.3. The van der Waals surface area contributed by atoms with Crippen molar-refractivity contribution in [3.8, 4) is 22.9 Å². The lowest BCUT2D eigenvalue weighted by molar-refractivity contribution is 0.174. The normalized spacial score (nSPS) is 12.9. The van der Waals surface area contributed by atoms with E-state index in [1.807, 2.05) is 29.6 Å². The van der Waals surface area contributed by atoms with Crippen molar-refractivity contribution >= 4 is 33.3 Å². The summed E-state index contributed by atoms with van der Waals surface area (Å²) >= 11 is 2.84. The molecule has 0 saturated carbocycles. The summed E-state index contributed by atoms with van der Waals surface area (Å²) < 4.78 is 18.6. The van der Waals surface area contributed by atoms with Crippen LogP contribution < -0.4 is 15.0 Å². The van der Waals surface area contributed by atoms with Gasteiger partial charge in [-0.25, -0.2) is 4.98 Å². The monoisotopic (exact) mass is 442 g/mol. The molecular weight excluding hydrogens is 424 g/mol. The lowest BCUT2D eigenvalue weighted by Crippen LogP contribution is -2.24. The van der Waals surface area contributed by atoms with Crippen LogP contribution in [0, 0.1) is 5.92 Å². The number of rotatable bonds is 6. The molecule has 3 aromatic heterocycles. The Kier molecular flexibility index (Phi) is 4.95. The van der Waals surface area contributed by atoms with Crippen LogP contribution in [-0.2, 0) is 12.3 Å². The van der Waals surface area contributed by atoms with Crippen molar-refractivity contribution in [1.82, 2.24) is 19.7 Å². The van der Waals surface area contributed by atoms with Gasteiger partial charge in [0.25, 0.3) is 5.56 Å². The molecule has 1 aromatic carbocycles. The lowest BCUT2D eigenvalue weighted by Gasteiger charge is -2.13. The van der Waals surface area contributed by atoms with Gasteiger partial charge in [-0.1, -0.05) is 30.8 Å². The van der Waals surface area contributed by atoms with Crippen molar-refractivity contribution < 1.29 is 14.0 Å². The number of nitrogens with zero attached hydrogens (tertiary/aromatic N) is 4. The van der Waals surface area contributed by atoms with Crippen LogP contribution in [-0.4, -0.2) is 26.5 Å². The summed E-state index contributed by atoms with van der Waals surface area (Å²) in [7, 11) is 0. The molecule has 0 spiro atoms. The minimum atomic E-state index is -0.00206. The first-order valence-electron chi connectivity index (χ1n) is 9.42. The second kappa shape index (κ2) is 7.77. The molecule has 0 unspecified atom stereocenters. The zero-order valence-corrected chi connectivity index (χ0v) is 18.0. The van der Waals surface area contributed by atoms with Crippen LogP contribution in [0.25, 0.3) is 21.6 Å². The van der Waals surface area contributed by atoms with Gasteiger partial charge in [-0.05, 0) is 35.6 Å². The smallest absolute Gasteiger partial charge is 0.272 e. The quantitative estimate of drug-likeness (QED) is 0.324. The van der Waals surface area contributed by atoms with E-state index in [4.69, 9.17) is 14.0 Å². The number of benzene rings is 1. The minimum Gasteiger partial charge on any atom is -0.454 e. The van der Waals surface area contributed by atoms with Crippen molar-refractivity contribution in [3.05, 3.63) is 45.9 Å². The highest BCUT2D eigenvalue weighted by Crippen LogP contribution is 2.35. The summed E-state index contributed by atoms with van der Waals surface area (Å²) in [6, 6.07) is 7.39. The molecule has 4 aromatic rings. The van der Waals surface area contributed by atoms with Crippen LogP contribution in [0.3, 0.4) is 0 Å². The van der Waals surface area contributed by atoms with Crippen molar-refractivity contribution in [1.29, 1.82) is 0 Å². The van der Waals surface area contributed by atoms with Crippen LogP contribution in [0.5, 0.6) is 11.5 Å². The van der Waals surface area contributed by atoms with Gasteiger partial charge in [0.05, 0.1) is 11.3 Å². The highest BCUT2D eigenvalue weighted by molar-refractivity contribution is 7.98. The summed E-state index contributed by atoms with van der Waals surface area (Å²) in [6.45, 7) is 4.98. The molecule has 10 heteroatoms. The molecule has 0 radical (unpaired) electrons. The third-order valence-corrected chi connectivity index (χ3v) is 6.35. The Balaban J connectivity index is 1.39. The number of thiophene rings is 1. The van der Waals surface area contributed by atoms with Gasteiger partial charge in [0.15, 0.2) is 16.7 Å². The first-order chi connectivity index (χ1) is 14.6. The SMILES string of the molecule is CC(C)Cn1c(SCc2nc(-c3ccc4c(c3)OCO4)no2)nc2ccsc2c1=O. The molecule has 4 heterocycles. The highest BCUT2D eigenvalue weighted by atomic mass is 32.2. The number of aromatic nitrogens is 4. The predicted octanol–water partition coefficient (Wildman–Crippen LogP) is 4.19. The van der Waals surface area contributed by atoms with E-state index in [1.165, 1.54) is 23.1 Å². The molecule has 0 aliphatic carbocycles. The Morgan fingerprint density at radius 1 is 1.20 bits per heavy atom. The molecule has 8 nitrogen and oxygen atoms in total. The van der Waals surface area contributed by atoms with Gasteiger partial charge < -0.3 is 14.0 Å². The van der Waals surface area contributed by atoms with E-state index >= 15 is 0 Å². The van der Waals surface area contributed by atoms with Gasteiger partial charge in [0.1, 0.15) is 4.70 Å². The van der Waals surface area contributed by atoms with Crippen LogP contribution >= 0.6 is 23.1 Å². The number of thioether (sulfide) groups is 1. The van der Waals surface area contributed by atoms with Crippen LogP contribution in [0.15, 0.2) is 44.1 Å². The molecule has 5 rings (SSSR count). The fraction of sp³-hybridized carbons (Fsp3) is 0.300. The van der Waals surface area contributed by atoms with Gasteiger partial charge >= 0.3 is 0 Å². The summed E-state index contributed by atoms with van der Waals surface area (Å²) in [5.74, 6) is 3.04. The van der Waals surface area contributed by atoms with Gasteiger partial charge in [0, 0.05) is 12.1 Å². The number of hydrogen-bond donors (Lipinski definition) is 0. The zero-order valence-electron chi connectivity index (χ0n) is 16.3. The molecule has 30 heavy (non-hydrogen) atoms. The van der Waals surface area contributed by atoms with Crippen molar-refractivity contribution in [2.75, 3.05) is 6.79 Å². The third-order valence-electron chi connectivity index (χ3n) is 4.50. The van der Waals surface area contributed by atoms with Gasteiger partial charge in [0.2, 0.25) is 18.5 Å². The molecule has 0 amide bonds. The van der Waals surface area contributed by atoms with E-state index in [1.54, 1.807) is 4.57 Å². The average Bonchev–Trinajstić information content (AvgIpc) is 3.48. The number of hydrogen-bond acceptors (Lipinski definition) is 9. The maximum atomic E-state index is 12.9. The standard InChI is InChI=1S/C20H18N4O4S2/c1-11(2)8-24-19(25)17-13(5-6-29-17)21-20(24)30-9-16-22-18(23-28-16)12-3-4-14-15(7-12)27-10-26-14/h3-7,11H,8-10H2,1-2H3. The van der Waals surface area contributed by atoms with Crippen molar-refractivity contribution in [2.45, 2.75) is 31.3 Å². The van der Waals surface area contributed by atoms with E-state index in [0.29, 0.717) is 51.3 Å². The molecular formula is C20H18N4O4S2. The first kappa shape index (κ1) is 19.1. The van der Waals surface area contributed by atoms with E-state index in [2.05, 4.69) is 29.0 Å². The predicted molar refractivity (Wildman–Crippen MR) is 114 cm³/mol. The summed E-state index contributed by atoms with van der Waals surface area (Å²) in [6.07, 6.45) is 0. The lowest BCUT2D eigenvalue weighted by atomic mass is 10.2. The molecule has 1 aliphatic heterocycles. The molecule has 0 N–H and O–H groups in total. The Hall–Kier alpha value is -2.85. The molecule has 0 fully saturated rings. The van der Waals surface area contributed by atoms with Crippen molar-refractivity contribution in [3.63, 3.8) is 0 Å². The Labute approximate surface area is 179 Å². The van der Waals surface area contributed by atoms with Crippen LogP contribution in [0.4, 0.5) is 0 Å². The maximum absolute atomic E-state index is 12.9. The molecule has 0 saturated heterocycles. The Bertz CT molecular complexity index is 1280. The molecule has 1 aliphatic rings. The highest BCUT2D eigenvalue weighted by Gasteiger charge is 2.18. The average molecular weight is 443 g/mol. The second-order valence-electron chi connectivity index (χ2n) is 7.21. The largest absolute Gasteiger partial charge is 0.454 e. The van der Waals surface area contributed by atoms with E-state index < -0.39 is 0 Å². The van der Waals surface area contributed by atoms with Crippen LogP contribution in [0.2, 0.25) is 0 Å². The second-order valence-corrected chi connectivity index (χ2v) is 9.07.